The Morgan fingerprint density at radius 2 is 2.20 bits per heavy atom. The predicted molar refractivity (Wildman–Crippen MR) is 39.8 cm³/mol. The summed E-state index contributed by atoms with van der Waals surface area (Å²) in [5.74, 6) is 1.03. The van der Waals surface area contributed by atoms with Crippen LogP contribution in [-0.2, 0) is 4.74 Å². The summed E-state index contributed by atoms with van der Waals surface area (Å²) in [7, 11) is 0. The molecule has 0 bridgehead atoms. The molecule has 0 aromatic rings. The van der Waals surface area contributed by atoms with Crippen molar-refractivity contribution < 1.29 is 9.84 Å². The van der Waals surface area contributed by atoms with Crippen LogP contribution in [0.5, 0.6) is 0 Å². The first-order valence-corrected chi connectivity index (χ1v) is 3.97. The Morgan fingerprint density at radius 3 is 2.60 bits per heavy atom. The molecule has 2 nitrogen and oxygen atoms in total. The van der Waals surface area contributed by atoms with Crippen molar-refractivity contribution in [2.24, 2.45) is 11.8 Å². The van der Waals surface area contributed by atoms with Crippen molar-refractivity contribution in [1.82, 2.24) is 0 Å². The molecule has 2 heteroatoms. The van der Waals surface area contributed by atoms with Crippen LogP contribution in [0.25, 0.3) is 0 Å². The zero-order valence-electron chi connectivity index (χ0n) is 6.71. The minimum absolute atomic E-state index is 0.228. The Labute approximate surface area is 62.2 Å². The van der Waals surface area contributed by atoms with Gasteiger partial charge in [-0.25, -0.2) is 0 Å². The average Bonchev–Trinajstić information content (AvgIpc) is 1.88. The fourth-order valence-corrected chi connectivity index (χ4v) is 1.52. The van der Waals surface area contributed by atoms with Crippen molar-refractivity contribution >= 4 is 0 Å². The summed E-state index contributed by atoms with van der Waals surface area (Å²) in [4.78, 5) is 0. The summed E-state index contributed by atoms with van der Waals surface area (Å²) in [6.07, 6.45) is 0.785. The van der Waals surface area contributed by atoms with Crippen molar-refractivity contribution in [3.8, 4) is 0 Å². The fourth-order valence-electron chi connectivity index (χ4n) is 1.52. The van der Waals surface area contributed by atoms with Gasteiger partial charge in [0.2, 0.25) is 0 Å². The van der Waals surface area contributed by atoms with Crippen LogP contribution in [0.2, 0.25) is 0 Å². The second-order valence-corrected chi connectivity index (χ2v) is 3.34. The van der Waals surface area contributed by atoms with E-state index in [0.717, 1.165) is 13.0 Å². The normalized spacial score (nSPS) is 34.8. The lowest BCUT2D eigenvalue weighted by Gasteiger charge is -2.30. The SMILES string of the molecule is CC(C)[C@H]1CCOC[C@@H]1O. The summed E-state index contributed by atoms with van der Waals surface area (Å²) in [5.41, 5.74) is 0. The van der Waals surface area contributed by atoms with Crippen molar-refractivity contribution in [2.75, 3.05) is 13.2 Å². The molecule has 0 unspecified atom stereocenters. The number of rotatable bonds is 1. The van der Waals surface area contributed by atoms with E-state index in [0.29, 0.717) is 18.4 Å². The van der Waals surface area contributed by atoms with Gasteiger partial charge in [0.05, 0.1) is 12.7 Å². The number of aliphatic hydroxyl groups is 1. The Morgan fingerprint density at radius 1 is 1.50 bits per heavy atom. The molecule has 1 aliphatic rings. The molecule has 2 atom stereocenters. The molecule has 0 aliphatic carbocycles. The van der Waals surface area contributed by atoms with Crippen LogP contribution < -0.4 is 0 Å². The number of hydrogen-bond acceptors (Lipinski definition) is 2. The second-order valence-electron chi connectivity index (χ2n) is 3.34. The third kappa shape index (κ3) is 1.70. The fraction of sp³-hybridized carbons (Fsp3) is 1.00. The van der Waals surface area contributed by atoms with Crippen molar-refractivity contribution in [3.63, 3.8) is 0 Å². The van der Waals surface area contributed by atoms with Crippen LogP contribution in [0.1, 0.15) is 20.3 Å². The van der Waals surface area contributed by atoms with Crippen LogP contribution >= 0.6 is 0 Å². The van der Waals surface area contributed by atoms with Gasteiger partial charge in [-0.05, 0) is 18.3 Å². The van der Waals surface area contributed by atoms with Gasteiger partial charge in [0.15, 0.2) is 0 Å². The molecule has 1 rings (SSSR count). The molecule has 0 amide bonds. The van der Waals surface area contributed by atoms with Crippen LogP contribution in [0.3, 0.4) is 0 Å². The molecule has 0 aromatic heterocycles. The minimum Gasteiger partial charge on any atom is -0.390 e. The zero-order chi connectivity index (χ0) is 7.56. The predicted octanol–water partition coefficient (Wildman–Crippen LogP) is 1.04. The van der Waals surface area contributed by atoms with Crippen LogP contribution in [0.4, 0.5) is 0 Å². The summed E-state index contributed by atoms with van der Waals surface area (Å²) in [5, 5.41) is 9.41. The van der Waals surface area contributed by atoms with Gasteiger partial charge in [-0.3, -0.25) is 0 Å². The van der Waals surface area contributed by atoms with E-state index in [-0.39, 0.29) is 6.10 Å². The smallest absolute Gasteiger partial charge is 0.0805 e. The first-order valence-electron chi connectivity index (χ1n) is 3.97. The van der Waals surface area contributed by atoms with Gasteiger partial charge < -0.3 is 9.84 Å². The first-order chi connectivity index (χ1) is 4.72. The molecule has 0 saturated carbocycles. The molecular formula is C8H16O2. The van der Waals surface area contributed by atoms with Crippen LogP contribution in [0.15, 0.2) is 0 Å². The molecule has 1 fully saturated rings. The van der Waals surface area contributed by atoms with Crippen molar-refractivity contribution in [1.29, 1.82) is 0 Å². The molecule has 0 aromatic carbocycles. The Hall–Kier alpha value is -0.0800. The molecule has 0 spiro atoms. The third-order valence-corrected chi connectivity index (χ3v) is 2.23. The highest BCUT2D eigenvalue weighted by molar-refractivity contribution is 4.74. The van der Waals surface area contributed by atoms with E-state index >= 15 is 0 Å². The summed E-state index contributed by atoms with van der Waals surface area (Å²) in [6, 6.07) is 0. The summed E-state index contributed by atoms with van der Waals surface area (Å²) in [6.45, 7) is 5.65. The van der Waals surface area contributed by atoms with Crippen LogP contribution in [-0.4, -0.2) is 24.4 Å². The monoisotopic (exact) mass is 144 g/mol. The Bertz CT molecular complexity index is 101. The molecule has 60 valence electrons. The standard InChI is InChI=1S/C8H16O2/c1-6(2)7-3-4-10-5-8(7)9/h6-9H,3-5H2,1-2H3/t7-,8+/m1/s1. The number of hydrogen-bond donors (Lipinski definition) is 1. The van der Waals surface area contributed by atoms with Gasteiger partial charge in [-0.1, -0.05) is 13.8 Å². The van der Waals surface area contributed by atoms with Crippen molar-refractivity contribution in [3.05, 3.63) is 0 Å². The maximum absolute atomic E-state index is 9.41. The molecular weight excluding hydrogens is 128 g/mol. The summed E-state index contributed by atoms with van der Waals surface area (Å²) < 4.78 is 5.11. The Balaban J connectivity index is 2.40. The maximum atomic E-state index is 9.41. The topological polar surface area (TPSA) is 29.5 Å². The lowest BCUT2D eigenvalue weighted by molar-refractivity contribution is -0.0572. The van der Waals surface area contributed by atoms with E-state index in [1.165, 1.54) is 0 Å². The van der Waals surface area contributed by atoms with Crippen LogP contribution in [0, 0.1) is 11.8 Å². The van der Waals surface area contributed by atoms with E-state index in [9.17, 15) is 5.11 Å². The van der Waals surface area contributed by atoms with Gasteiger partial charge >= 0.3 is 0 Å². The summed E-state index contributed by atoms with van der Waals surface area (Å²) >= 11 is 0. The molecule has 10 heavy (non-hydrogen) atoms. The highest BCUT2D eigenvalue weighted by Crippen LogP contribution is 2.23. The highest BCUT2D eigenvalue weighted by Gasteiger charge is 2.25. The van der Waals surface area contributed by atoms with Gasteiger partial charge in [-0.15, -0.1) is 0 Å². The zero-order valence-corrected chi connectivity index (χ0v) is 6.71. The van der Waals surface area contributed by atoms with E-state index in [1.54, 1.807) is 0 Å². The quantitative estimate of drug-likeness (QED) is 0.596. The van der Waals surface area contributed by atoms with E-state index in [4.69, 9.17) is 4.74 Å². The van der Waals surface area contributed by atoms with E-state index in [2.05, 4.69) is 13.8 Å². The lowest BCUT2D eigenvalue weighted by atomic mass is 9.87. The minimum atomic E-state index is -0.228. The number of aliphatic hydroxyl groups excluding tert-OH is 1. The average molecular weight is 144 g/mol. The maximum Gasteiger partial charge on any atom is 0.0805 e. The van der Waals surface area contributed by atoms with Gasteiger partial charge in [0.1, 0.15) is 0 Å². The third-order valence-electron chi connectivity index (χ3n) is 2.23. The molecule has 1 aliphatic heterocycles. The van der Waals surface area contributed by atoms with Gasteiger partial charge in [0, 0.05) is 6.61 Å². The Kier molecular flexibility index (Phi) is 2.69. The van der Waals surface area contributed by atoms with Gasteiger partial charge in [0.25, 0.3) is 0 Å². The van der Waals surface area contributed by atoms with Gasteiger partial charge in [-0.2, -0.15) is 0 Å². The van der Waals surface area contributed by atoms with Crippen molar-refractivity contribution in [2.45, 2.75) is 26.4 Å². The largest absolute Gasteiger partial charge is 0.390 e. The molecule has 0 radical (unpaired) electrons. The number of ether oxygens (including phenoxy) is 1. The molecule has 1 N–H and O–H groups in total. The molecule has 1 saturated heterocycles. The van der Waals surface area contributed by atoms with E-state index < -0.39 is 0 Å². The first kappa shape index (κ1) is 8.02. The highest BCUT2D eigenvalue weighted by atomic mass is 16.5. The van der Waals surface area contributed by atoms with E-state index in [1.807, 2.05) is 0 Å². The lowest BCUT2D eigenvalue weighted by Crippen LogP contribution is -2.35. The molecule has 1 heterocycles. The second kappa shape index (κ2) is 3.35.